The second-order valence-corrected chi connectivity index (χ2v) is 7.11. The van der Waals surface area contributed by atoms with E-state index in [2.05, 4.69) is 6.07 Å². The number of rotatable bonds is 6. The molecule has 0 spiro atoms. The van der Waals surface area contributed by atoms with E-state index in [0.29, 0.717) is 13.1 Å². The maximum atomic E-state index is 11.6. The van der Waals surface area contributed by atoms with Crippen LogP contribution in [-0.2, 0) is 22.8 Å². The number of aryl methyl sites for hydroxylation is 1. The highest BCUT2D eigenvalue weighted by atomic mass is 32.2. The van der Waals surface area contributed by atoms with Gasteiger partial charge in [0.2, 0.25) is 0 Å². The zero-order chi connectivity index (χ0) is 13.9. The molecular weight excluding hydrogens is 260 g/mol. The largest absolute Gasteiger partial charge is 0.346 e. The summed E-state index contributed by atoms with van der Waals surface area (Å²) in [6.45, 7) is 2.78. The van der Waals surface area contributed by atoms with Gasteiger partial charge in [0.15, 0.2) is 9.84 Å². The minimum atomic E-state index is -2.93. The molecule has 0 unspecified atom stereocenters. The highest BCUT2D eigenvalue weighted by Crippen LogP contribution is 2.20. The lowest BCUT2D eigenvalue weighted by atomic mass is 10.1. The Kier molecular flexibility index (Phi) is 4.27. The summed E-state index contributed by atoms with van der Waals surface area (Å²) in [6.07, 6.45) is 2.76. The summed E-state index contributed by atoms with van der Waals surface area (Å²) in [5.41, 5.74) is 7.92. The van der Waals surface area contributed by atoms with E-state index in [1.807, 2.05) is 29.0 Å². The van der Waals surface area contributed by atoms with Crippen molar-refractivity contribution < 1.29 is 8.42 Å². The molecule has 0 radical (unpaired) electrons. The van der Waals surface area contributed by atoms with E-state index >= 15 is 0 Å². The van der Waals surface area contributed by atoms with Gasteiger partial charge >= 0.3 is 0 Å². The van der Waals surface area contributed by atoms with Crippen molar-refractivity contribution in [2.75, 3.05) is 18.1 Å². The topological polar surface area (TPSA) is 65.1 Å². The Bertz CT molecular complexity index is 659. The van der Waals surface area contributed by atoms with E-state index in [9.17, 15) is 8.42 Å². The predicted molar refractivity (Wildman–Crippen MR) is 79.0 cm³/mol. The van der Waals surface area contributed by atoms with Crippen molar-refractivity contribution in [3.05, 3.63) is 36.0 Å². The summed E-state index contributed by atoms with van der Waals surface area (Å²) in [5.74, 6) is 0.381. The lowest BCUT2D eigenvalue weighted by Crippen LogP contribution is -2.14. The van der Waals surface area contributed by atoms with Crippen LogP contribution in [0.25, 0.3) is 10.9 Å². The lowest BCUT2D eigenvalue weighted by molar-refractivity contribution is 0.591. The molecular formula is C14H20N2O2S. The Labute approximate surface area is 114 Å². The zero-order valence-corrected chi connectivity index (χ0v) is 12.0. The van der Waals surface area contributed by atoms with Crippen LogP contribution in [0.5, 0.6) is 0 Å². The van der Waals surface area contributed by atoms with Crippen molar-refractivity contribution in [3.8, 4) is 0 Å². The van der Waals surface area contributed by atoms with E-state index < -0.39 is 9.84 Å². The third-order valence-corrected chi connectivity index (χ3v) is 5.05. The van der Waals surface area contributed by atoms with Crippen LogP contribution in [0.3, 0.4) is 0 Å². The molecule has 0 amide bonds. The molecule has 0 bridgehead atoms. The molecule has 0 aliphatic heterocycles. The van der Waals surface area contributed by atoms with E-state index in [4.69, 9.17) is 5.73 Å². The Balaban J connectivity index is 2.33. The maximum absolute atomic E-state index is 11.6. The van der Waals surface area contributed by atoms with Crippen molar-refractivity contribution in [3.63, 3.8) is 0 Å². The Hall–Kier alpha value is -1.33. The van der Waals surface area contributed by atoms with Crippen molar-refractivity contribution in [2.24, 2.45) is 5.73 Å². The van der Waals surface area contributed by atoms with Gasteiger partial charge in [0.1, 0.15) is 0 Å². The summed E-state index contributed by atoms with van der Waals surface area (Å²) in [7, 11) is -2.93. The zero-order valence-electron chi connectivity index (χ0n) is 11.2. The number of benzene rings is 1. The third kappa shape index (κ3) is 3.16. The van der Waals surface area contributed by atoms with Crippen molar-refractivity contribution in [1.29, 1.82) is 0 Å². The second kappa shape index (κ2) is 5.75. The molecule has 1 aromatic carbocycles. The molecule has 0 saturated carbocycles. The number of sulfone groups is 1. The first-order valence-corrected chi connectivity index (χ1v) is 8.37. The normalized spacial score (nSPS) is 12.1. The molecule has 2 aromatic rings. The van der Waals surface area contributed by atoms with E-state index in [-0.39, 0.29) is 11.5 Å². The number of nitrogens with zero attached hydrogens (tertiary/aromatic N) is 1. The first-order chi connectivity index (χ1) is 9.07. The van der Waals surface area contributed by atoms with Gasteiger partial charge in [-0.3, -0.25) is 0 Å². The van der Waals surface area contributed by atoms with Crippen LogP contribution in [0.2, 0.25) is 0 Å². The van der Waals surface area contributed by atoms with Crippen LogP contribution in [0.4, 0.5) is 0 Å². The maximum Gasteiger partial charge on any atom is 0.151 e. The van der Waals surface area contributed by atoms with E-state index in [0.717, 1.165) is 17.3 Å². The van der Waals surface area contributed by atoms with Crippen LogP contribution in [0.1, 0.15) is 12.5 Å². The molecule has 5 heteroatoms. The van der Waals surface area contributed by atoms with Gasteiger partial charge in [0.25, 0.3) is 0 Å². The fraction of sp³-hybridized carbons (Fsp3) is 0.429. The summed E-state index contributed by atoms with van der Waals surface area (Å²) in [6, 6.07) is 8.13. The number of fused-ring (bicyclic) bond motifs is 1. The Morgan fingerprint density at radius 1 is 1.26 bits per heavy atom. The summed E-state index contributed by atoms with van der Waals surface area (Å²) >= 11 is 0. The Morgan fingerprint density at radius 3 is 2.74 bits per heavy atom. The minimum Gasteiger partial charge on any atom is -0.346 e. The monoisotopic (exact) mass is 280 g/mol. The van der Waals surface area contributed by atoms with Gasteiger partial charge < -0.3 is 10.3 Å². The molecule has 1 aromatic heterocycles. The minimum absolute atomic E-state index is 0.185. The fourth-order valence-electron chi connectivity index (χ4n) is 2.27. The SMILES string of the molecule is CCS(=O)(=O)CCn1ccc2cccc(CCN)c21. The average molecular weight is 280 g/mol. The molecule has 0 atom stereocenters. The first-order valence-electron chi connectivity index (χ1n) is 6.54. The van der Waals surface area contributed by atoms with Crippen LogP contribution >= 0.6 is 0 Å². The van der Waals surface area contributed by atoms with Crippen LogP contribution < -0.4 is 5.73 Å². The molecule has 1 heterocycles. The second-order valence-electron chi connectivity index (χ2n) is 4.64. The molecule has 2 N–H and O–H groups in total. The highest BCUT2D eigenvalue weighted by molar-refractivity contribution is 7.91. The predicted octanol–water partition coefficient (Wildman–Crippen LogP) is 1.58. The van der Waals surface area contributed by atoms with Gasteiger partial charge in [-0.15, -0.1) is 0 Å². The number of nitrogens with two attached hydrogens (primary N) is 1. The number of hydrogen-bond acceptors (Lipinski definition) is 3. The number of hydrogen-bond donors (Lipinski definition) is 1. The standard InChI is InChI=1S/C14H20N2O2S/c1-2-19(17,18)11-10-16-9-7-13-5-3-4-12(6-8-15)14(13)16/h3-5,7,9H,2,6,8,10-11,15H2,1H3. The van der Waals surface area contributed by atoms with Gasteiger partial charge in [-0.1, -0.05) is 25.1 Å². The molecule has 2 rings (SSSR count). The average Bonchev–Trinajstić information content (AvgIpc) is 2.81. The van der Waals surface area contributed by atoms with Crippen LogP contribution in [0.15, 0.2) is 30.5 Å². The summed E-state index contributed by atoms with van der Waals surface area (Å²) in [5, 5.41) is 1.14. The van der Waals surface area contributed by atoms with E-state index in [1.54, 1.807) is 6.92 Å². The fourth-order valence-corrected chi connectivity index (χ4v) is 3.03. The Morgan fingerprint density at radius 2 is 2.05 bits per heavy atom. The molecule has 0 aliphatic rings. The van der Waals surface area contributed by atoms with Crippen LogP contribution in [0, 0.1) is 0 Å². The van der Waals surface area contributed by atoms with Gasteiger partial charge in [-0.2, -0.15) is 0 Å². The molecule has 4 nitrogen and oxygen atoms in total. The van der Waals surface area contributed by atoms with Gasteiger partial charge in [0.05, 0.1) is 11.3 Å². The quantitative estimate of drug-likeness (QED) is 0.873. The molecule has 104 valence electrons. The van der Waals surface area contributed by atoms with Gasteiger partial charge in [-0.05, 0) is 30.0 Å². The molecule has 19 heavy (non-hydrogen) atoms. The molecule has 0 saturated heterocycles. The summed E-state index contributed by atoms with van der Waals surface area (Å²) in [4.78, 5) is 0. The molecule has 0 fully saturated rings. The number of aromatic nitrogens is 1. The summed E-state index contributed by atoms with van der Waals surface area (Å²) < 4.78 is 25.2. The van der Waals surface area contributed by atoms with Crippen molar-refractivity contribution in [2.45, 2.75) is 19.9 Å². The van der Waals surface area contributed by atoms with Crippen molar-refractivity contribution >= 4 is 20.7 Å². The first kappa shape index (κ1) is 14.1. The van der Waals surface area contributed by atoms with Crippen LogP contribution in [-0.4, -0.2) is 31.0 Å². The molecule has 0 aliphatic carbocycles. The van der Waals surface area contributed by atoms with Gasteiger partial charge in [-0.25, -0.2) is 8.42 Å². The lowest BCUT2D eigenvalue weighted by Gasteiger charge is -2.09. The van der Waals surface area contributed by atoms with Crippen molar-refractivity contribution in [1.82, 2.24) is 4.57 Å². The smallest absolute Gasteiger partial charge is 0.151 e. The number of para-hydroxylation sites is 1. The van der Waals surface area contributed by atoms with Gasteiger partial charge in [0, 0.05) is 18.5 Å². The van der Waals surface area contributed by atoms with E-state index in [1.165, 1.54) is 5.56 Å². The highest BCUT2D eigenvalue weighted by Gasteiger charge is 2.10. The third-order valence-electron chi connectivity index (χ3n) is 3.37.